The molecule has 1 unspecified atom stereocenters. The number of aromatic nitrogens is 2. The maximum atomic E-state index is 5.64. The number of aryl methyl sites for hydroxylation is 1. The molecule has 1 aromatic heterocycles. The molecule has 0 saturated carbocycles. The minimum absolute atomic E-state index is 0.232. The number of likely N-dealkylation sites (N-methyl/N-ethyl adjacent to an activating group) is 1. The predicted octanol–water partition coefficient (Wildman–Crippen LogP) is 1.69. The van der Waals surface area contributed by atoms with Crippen molar-refractivity contribution in [1.29, 1.82) is 0 Å². The van der Waals surface area contributed by atoms with E-state index in [1.165, 1.54) is 11.1 Å². The maximum absolute atomic E-state index is 5.64. The molecule has 1 N–H and O–H groups in total. The zero-order valence-electron chi connectivity index (χ0n) is 11.8. The molecule has 0 spiro atoms. The van der Waals surface area contributed by atoms with Gasteiger partial charge in [0.25, 0.3) is 0 Å². The van der Waals surface area contributed by atoms with Crippen molar-refractivity contribution in [3.8, 4) is 11.5 Å². The summed E-state index contributed by atoms with van der Waals surface area (Å²) >= 11 is 0. The number of hydrogen-bond acceptors (Lipinski definition) is 4. The van der Waals surface area contributed by atoms with Crippen molar-refractivity contribution in [2.75, 3.05) is 20.3 Å². The molecular weight excluding hydrogens is 254 g/mol. The number of hydrogen-bond donors (Lipinski definition) is 1. The standard InChI is InChI=1S/C15H19N3O2/c1-16-13(7-11-9-17-18(2)10-11)12-3-4-14-15(8-12)20-6-5-19-14/h3-4,8-10,13,16H,5-7H2,1-2H3. The number of nitrogens with zero attached hydrogens (tertiary/aromatic N) is 2. The highest BCUT2D eigenvalue weighted by Crippen LogP contribution is 2.33. The second-order valence-corrected chi connectivity index (χ2v) is 4.97. The largest absolute Gasteiger partial charge is 0.486 e. The van der Waals surface area contributed by atoms with Gasteiger partial charge in [0, 0.05) is 19.3 Å². The lowest BCUT2D eigenvalue weighted by molar-refractivity contribution is 0.171. The average molecular weight is 273 g/mol. The molecule has 20 heavy (non-hydrogen) atoms. The molecule has 0 radical (unpaired) electrons. The van der Waals surface area contributed by atoms with Crippen LogP contribution in [0.1, 0.15) is 17.2 Å². The third-order valence-corrected chi connectivity index (χ3v) is 3.52. The van der Waals surface area contributed by atoms with Crippen LogP contribution in [0.2, 0.25) is 0 Å². The van der Waals surface area contributed by atoms with Gasteiger partial charge in [-0.05, 0) is 36.7 Å². The second-order valence-electron chi connectivity index (χ2n) is 4.97. The molecule has 0 bridgehead atoms. The lowest BCUT2D eigenvalue weighted by atomic mass is 10.0. The van der Waals surface area contributed by atoms with Gasteiger partial charge < -0.3 is 14.8 Å². The Morgan fingerprint density at radius 3 is 2.80 bits per heavy atom. The van der Waals surface area contributed by atoms with Gasteiger partial charge in [-0.15, -0.1) is 0 Å². The zero-order chi connectivity index (χ0) is 13.9. The predicted molar refractivity (Wildman–Crippen MR) is 76.1 cm³/mol. The van der Waals surface area contributed by atoms with Gasteiger partial charge in [-0.25, -0.2) is 0 Å². The van der Waals surface area contributed by atoms with Crippen molar-refractivity contribution < 1.29 is 9.47 Å². The molecule has 1 aromatic carbocycles. The van der Waals surface area contributed by atoms with E-state index < -0.39 is 0 Å². The number of fused-ring (bicyclic) bond motifs is 1. The van der Waals surface area contributed by atoms with E-state index >= 15 is 0 Å². The third-order valence-electron chi connectivity index (χ3n) is 3.52. The average Bonchev–Trinajstić information content (AvgIpc) is 2.89. The van der Waals surface area contributed by atoms with Crippen molar-refractivity contribution >= 4 is 0 Å². The molecule has 0 saturated heterocycles. The summed E-state index contributed by atoms with van der Waals surface area (Å²) in [5.41, 5.74) is 2.40. The van der Waals surface area contributed by atoms with Gasteiger partial charge in [-0.1, -0.05) is 6.07 Å². The molecule has 2 heterocycles. The summed E-state index contributed by atoms with van der Waals surface area (Å²) in [6, 6.07) is 6.36. The van der Waals surface area contributed by atoms with Gasteiger partial charge in [-0.2, -0.15) is 5.10 Å². The van der Waals surface area contributed by atoms with E-state index in [1.54, 1.807) is 0 Å². The molecule has 0 amide bonds. The van der Waals surface area contributed by atoms with Crippen LogP contribution >= 0.6 is 0 Å². The van der Waals surface area contributed by atoms with E-state index in [0.717, 1.165) is 17.9 Å². The zero-order valence-corrected chi connectivity index (χ0v) is 11.8. The van der Waals surface area contributed by atoms with Crippen LogP contribution in [-0.2, 0) is 13.5 Å². The minimum Gasteiger partial charge on any atom is -0.486 e. The molecule has 5 heteroatoms. The highest BCUT2D eigenvalue weighted by molar-refractivity contribution is 5.44. The van der Waals surface area contributed by atoms with E-state index in [4.69, 9.17) is 9.47 Å². The summed E-state index contributed by atoms with van der Waals surface area (Å²) in [6.07, 6.45) is 4.84. The maximum Gasteiger partial charge on any atom is 0.161 e. The topological polar surface area (TPSA) is 48.3 Å². The molecule has 0 aliphatic carbocycles. The lowest BCUT2D eigenvalue weighted by Crippen LogP contribution is -2.20. The molecule has 2 aromatic rings. The fourth-order valence-electron chi connectivity index (χ4n) is 2.48. The third kappa shape index (κ3) is 2.63. The minimum atomic E-state index is 0.232. The van der Waals surface area contributed by atoms with Gasteiger partial charge in [0.15, 0.2) is 11.5 Å². The Bertz CT molecular complexity index is 595. The molecular formula is C15H19N3O2. The molecule has 3 rings (SSSR count). The van der Waals surface area contributed by atoms with Crippen LogP contribution in [0.25, 0.3) is 0 Å². The van der Waals surface area contributed by atoms with Gasteiger partial charge in [-0.3, -0.25) is 4.68 Å². The Morgan fingerprint density at radius 2 is 2.10 bits per heavy atom. The van der Waals surface area contributed by atoms with Crippen LogP contribution < -0.4 is 14.8 Å². The van der Waals surface area contributed by atoms with E-state index in [0.29, 0.717) is 13.2 Å². The van der Waals surface area contributed by atoms with Crippen molar-refractivity contribution in [1.82, 2.24) is 15.1 Å². The summed E-state index contributed by atoms with van der Waals surface area (Å²) in [5, 5.41) is 7.56. The smallest absolute Gasteiger partial charge is 0.161 e. The first-order valence-electron chi connectivity index (χ1n) is 6.80. The SMILES string of the molecule is CNC(Cc1cnn(C)c1)c1ccc2c(c1)OCCO2. The lowest BCUT2D eigenvalue weighted by Gasteiger charge is -2.21. The molecule has 1 aliphatic heterocycles. The molecule has 1 atom stereocenters. The van der Waals surface area contributed by atoms with Crippen LogP contribution in [-0.4, -0.2) is 30.0 Å². The van der Waals surface area contributed by atoms with E-state index in [2.05, 4.69) is 22.5 Å². The summed E-state index contributed by atoms with van der Waals surface area (Å²) in [6.45, 7) is 1.24. The Kier molecular flexibility index (Phi) is 3.60. The van der Waals surface area contributed by atoms with Crippen LogP contribution in [0.5, 0.6) is 11.5 Å². The molecule has 106 valence electrons. The molecule has 5 nitrogen and oxygen atoms in total. The number of rotatable bonds is 4. The first-order chi connectivity index (χ1) is 9.76. The van der Waals surface area contributed by atoms with Gasteiger partial charge in [0.2, 0.25) is 0 Å². The Balaban J connectivity index is 1.81. The van der Waals surface area contributed by atoms with Crippen LogP contribution in [0.3, 0.4) is 0 Å². The highest BCUT2D eigenvalue weighted by atomic mass is 16.6. The summed E-state index contributed by atoms with van der Waals surface area (Å²) < 4.78 is 13.0. The summed E-state index contributed by atoms with van der Waals surface area (Å²) in [5.74, 6) is 1.66. The van der Waals surface area contributed by atoms with Gasteiger partial charge >= 0.3 is 0 Å². The number of ether oxygens (including phenoxy) is 2. The fraction of sp³-hybridized carbons (Fsp3) is 0.400. The van der Waals surface area contributed by atoms with Crippen LogP contribution in [0, 0.1) is 0 Å². The monoisotopic (exact) mass is 273 g/mol. The number of nitrogens with one attached hydrogen (secondary N) is 1. The van der Waals surface area contributed by atoms with Gasteiger partial charge in [0.1, 0.15) is 13.2 Å². The molecule has 1 aliphatic rings. The summed E-state index contributed by atoms with van der Waals surface area (Å²) in [4.78, 5) is 0. The van der Waals surface area contributed by atoms with E-state index in [-0.39, 0.29) is 6.04 Å². The second kappa shape index (κ2) is 5.54. The van der Waals surface area contributed by atoms with Crippen molar-refractivity contribution in [3.05, 3.63) is 41.7 Å². The highest BCUT2D eigenvalue weighted by Gasteiger charge is 2.16. The van der Waals surface area contributed by atoms with E-state index in [1.807, 2.05) is 37.2 Å². The van der Waals surface area contributed by atoms with Crippen LogP contribution in [0.4, 0.5) is 0 Å². The van der Waals surface area contributed by atoms with Crippen molar-refractivity contribution in [2.24, 2.45) is 7.05 Å². The quantitative estimate of drug-likeness (QED) is 0.921. The molecule has 0 fully saturated rings. The fourth-order valence-corrected chi connectivity index (χ4v) is 2.48. The Morgan fingerprint density at radius 1 is 1.30 bits per heavy atom. The first kappa shape index (κ1) is 13.0. The number of benzene rings is 1. The van der Waals surface area contributed by atoms with E-state index in [9.17, 15) is 0 Å². The van der Waals surface area contributed by atoms with Gasteiger partial charge in [0.05, 0.1) is 6.20 Å². The van der Waals surface area contributed by atoms with Crippen molar-refractivity contribution in [3.63, 3.8) is 0 Å². The Labute approximate surface area is 118 Å². The Hall–Kier alpha value is -2.01. The normalized spacial score (nSPS) is 15.1. The first-order valence-corrected chi connectivity index (χ1v) is 6.80. The summed E-state index contributed by atoms with van der Waals surface area (Å²) in [7, 11) is 3.90. The van der Waals surface area contributed by atoms with Crippen LogP contribution in [0.15, 0.2) is 30.6 Å². The van der Waals surface area contributed by atoms with Crippen molar-refractivity contribution in [2.45, 2.75) is 12.5 Å².